The molecule has 2 atom stereocenters. The van der Waals surface area contributed by atoms with Crippen LogP contribution in [-0.4, -0.2) is 18.1 Å². The van der Waals surface area contributed by atoms with E-state index in [9.17, 15) is 0 Å². The maximum Gasteiger partial charge on any atom is 0.0481 e. The molecule has 1 N–H and O–H groups in total. The van der Waals surface area contributed by atoms with Gasteiger partial charge in [-0.15, -0.1) is 0 Å². The third kappa shape index (κ3) is 3.66. The largest absolute Gasteiger partial charge is 0.316 e. The first-order valence-electron chi connectivity index (χ1n) is 8.99. The molecule has 3 rings (SSSR count). The molecular weight excluding hydrogens is 256 g/mol. The van der Waals surface area contributed by atoms with Gasteiger partial charge in [0, 0.05) is 23.9 Å². The van der Waals surface area contributed by atoms with Crippen LogP contribution in [0.5, 0.6) is 0 Å². The predicted molar refractivity (Wildman–Crippen MR) is 88.6 cm³/mol. The molecule has 0 bridgehead atoms. The Bertz CT molecular complexity index is 437. The molecule has 0 saturated heterocycles. The molecule has 21 heavy (non-hydrogen) atoms. The van der Waals surface area contributed by atoms with Crippen LogP contribution in [0.25, 0.3) is 0 Å². The van der Waals surface area contributed by atoms with Crippen LogP contribution < -0.4 is 5.32 Å². The molecule has 0 radical (unpaired) electrons. The second kappa shape index (κ2) is 7.40. The Morgan fingerprint density at radius 1 is 1.19 bits per heavy atom. The zero-order valence-electron chi connectivity index (χ0n) is 13.5. The molecule has 2 nitrogen and oxygen atoms in total. The van der Waals surface area contributed by atoms with Crippen LogP contribution in [0.1, 0.15) is 75.0 Å². The molecule has 116 valence electrons. The highest BCUT2D eigenvalue weighted by molar-refractivity contribution is 5.27. The van der Waals surface area contributed by atoms with Crippen LogP contribution in [0.3, 0.4) is 0 Å². The number of fused-ring (bicyclic) bond motifs is 1. The molecule has 2 heteroatoms. The number of hydrogen-bond acceptors (Lipinski definition) is 2. The molecule has 1 fully saturated rings. The lowest BCUT2D eigenvalue weighted by molar-refractivity contribution is 0.296. The molecule has 0 aromatic carbocycles. The Kier molecular flexibility index (Phi) is 5.29. The van der Waals surface area contributed by atoms with Crippen molar-refractivity contribution in [3.8, 4) is 0 Å². The Morgan fingerprint density at radius 3 is 2.86 bits per heavy atom. The van der Waals surface area contributed by atoms with Gasteiger partial charge in [-0.2, -0.15) is 0 Å². The Balaban J connectivity index is 1.63. The Morgan fingerprint density at radius 2 is 2.05 bits per heavy atom. The lowest BCUT2D eigenvalue weighted by Gasteiger charge is -2.32. The predicted octanol–water partition coefficient (Wildman–Crippen LogP) is 4.45. The summed E-state index contributed by atoms with van der Waals surface area (Å²) in [5.74, 6) is 1.62. The molecule has 0 amide bonds. The molecular formula is C19H30N2. The van der Waals surface area contributed by atoms with Crippen LogP contribution in [0, 0.1) is 5.92 Å². The highest BCUT2D eigenvalue weighted by Gasteiger charge is 2.28. The van der Waals surface area contributed by atoms with Gasteiger partial charge in [-0.25, -0.2) is 0 Å². The lowest BCUT2D eigenvalue weighted by atomic mass is 9.78. The number of nitrogens with zero attached hydrogens (tertiary/aromatic N) is 1. The minimum atomic E-state index is 0.612. The molecule has 2 aliphatic carbocycles. The lowest BCUT2D eigenvalue weighted by Crippen LogP contribution is -2.35. The first-order chi connectivity index (χ1) is 10.4. The highest BCUT2D eigenvalue weighted by Crippen LogP contribution is 2.35. The summed E-state index contributed by atoms with van der Waals surface area (Å²) in [5.41, 5.74) is 2.87. The average molecular weight is 286 g/mol. The summed E-state index contributed by atoms with van der Waals surface area (Å²) in [5, 5.41) is 3.61. The summed E-state index contributed by atoms with van der Waals surface area (Å²) in [6.07, 6.45) is 15.9. The van der Waals surface area contributed by atoms with Gasteiger partial charge in [0.25, 0.3) is 0 Å². The molecule has 0 spiro atoms. The van der Waals surface area contributed by atoms with Gasteiger partial charge >= 0.3 is 0 Å². The summed E-state index contributed by atoms with van der Waals surface area (Å²) < 4.78 is 0. The monoisotopic (exact) mass is 286 g/mol. The normalized spacial score (nSPS) is 24.5. The summed E-state index contributed by atoms with van der Waals surface area (Å²) in [7, 11) is 2.14. The maximum atomic E-state index is 4.72. The van der Waals surface area contributed by atoms with E-state index in [1.165, 1.54) is 75.5 Å². The van der Waals surface area contributed by atoms with Crippen molar-refractivity contribution in [2.45, 2.75) is 76.2 Å². The van der Waals surface area contributed by atoms with E-state index in [4.69, 9.17) is 4.98 Å². The molecule has 1 aromatic rings. The molecule has 1 aromatic heterocycles. The third-order valence-corrected chi connectivity index (χ3v) is 5.71. The minimum absolute atomic E-state index is 0.612. The third-order valence-electron chi connectivity index (χ3n) is 5.71. The molecule has 2 aliphatic rings. The fourth-order valence-electron chi connectivity index (χ4n) is 4.47. The topological polar surface area (TPSA) is 24.9 Å². The van der Waals surface area contributed by atoms with Crippen molar-refractivity contribution in [2.24, 2.45) is 5.92 Å². The van der Waals surface area contributed by atoms with E-state index < -0.39 is 0 Å². The first-order valence-corrected chi connectivity index (χ1v) is 8.99. The second-order valence-electron chi connectivity index (χ2n) is 7.02. The molecule has 0 aliphatic heterocycles. The summed E-state index contributed by atoms with van der Waals surface area (Å²) in [6.45, 7) is 0. The quantitative estimate of drug-likeness (QED) is 0.865. The number of hydrogen-bond donors (Lipinski definition) is 1. The number of aryl methyl sites for hydroxylation is 1. The number of likely N-dealkylation sites (N-methyl/N-ethyl adjacent to an activating group) is 1. The van der Waals surface area contributed by atoms with E-state index >= 15 is 0 Å². The standard InChI is InChI=1S/C19H30N2/c1-20-18(13-12-15-7-3-2-4-8-15)17-11-5-9-16-10-6-14-21-19(16)17/h6,10,14-15,17-18,20H,2-5,7-9,11-13H2,1H3. The first kappa shape index (κ1) is 15.0. The van der Waals surface area contributed by atoms with E-state index in [-0.39, 0.29) is 0 Å². The summed E-state index contributed by atoms with van der Waals surface area (Å²) >= 11 is 0. The van der Waals surface area contributed by atoms with Gasteiger partial charge in [0.1, 0.15) is 0 Å². The van der Waals surface area contributed by atoms with Gasteiger partial charge in [0.05, 0.1) is 0 Å². The van der Waals surface area contributed by atoms with Crippen molar-refractivity contribution in [1.29, 1.82) is 0 Å². The fraction of sp³-hybridized carbons (Fsp3) is 0.737. The number of pyridine rings is 1. The number of nitrogens with one attached hydrogen (secondary N) is 1. The SMILES string of the molecule is CNC(CCC1CCCCC1)C1CCCc2cccnc21. The van der Waals surface area contributed by atoms with Crippen molar-refractivity contribution in [2.75, 3.05) is 7.05 Å². The van der Waals surface area contributed by atoms with Crippen LogP contribution in [0.2, 0.25) is 0 Å². The van der Waals surface area contributed by atoms with Crippen molar-refractivity contribution >= 4 is 0 Å². The van der Waals surface area contributed by atoms with Crippen molar-refractivity contribution in [3.05, 3.63) is 29.6 Å². The van der Waals surface area contributed by atoms with Gasteiger partial charge < -0.3 is 5.32 Å². The van der Waals surface area contributed by atoms with E-state index in [1.807, 2.05) is 6.20 Å². The second-order valence-corrected chi connectivity index (χ2v) is 7.02. The van der Waals surface area contributed by atoms with Gasteiger partial charge in [-0.05, 0) is 56.7 Å². The van der Waals surface area contributed by atoms with Gasteiger partial charge in [0.15, 0.2) is 0 Å². The molecule has 2 unspecified atom stereocenters. The van der Waals surface area contributed by atoms with Crippen LogP contribution in [-0.2, 0) is 6.42 Å². The smallest absolute Gasteiger partial charge is 0.0481 e. The molecule has 1 heterocycles. The Labute approximate surface area is 129 Å². The maximum absolute atomic E-state index is 4.72. The fourth-order valence-corrected chi connectivity index (χ4v) is 4.47. The van der Waals surface area contributed by atoms with Crippen molar-refractivity contribution < 1.29 is 0 Å². The zero-order chi connectivity index (χ0) is 14.5. The van der Waals surface area contributed by atoms with Gasteiger partial charge in [-0.3, -0.25) is 4.98 Å². The van der Waals surface area contributed by atoms with E-state index in [0.717, 1.165) is 5.92 Å². The van der Waals surface area contributed by atoms with Crippen LogP contribution in [0.15, 0.2) is 18.3 Å². The minimum Gasteiger partial charge on any atom is -0.316 e. The number of rotatable bonds is 5. The van der Waals surface area contributed by atoms with Gasteiger partial charge in [0.2, 0.25) is 0 Å². The summed E-state index contributed by atoms with van der Waals surface area (Å²) in [4.78, 5) is 4.72. The van der Waals surface area contributed by atoms with Crippen LogP contribution >= 0.6 is 0 Å². The van der Waals surface area contributed by atoms with E-state index in [2.05, 4.69) is 24.5 Å². The number of aromatic nitrogens is 1. The highest BCUT2D eigenvalue weighted by atomic mass is 14.9. The van der Waals surface area contributed by atoms with E-state index in [0.29, 0.717) is 12.0 Å². The van der Waals surface area contributed by atoms with Crippen molar-refractivity contribution in [3.63, 3.8) is 0 Å². The molecule has 1 saturated carbocycles. The average Bonchev–Trinajstić information content (AvgIpc) is 2.56. The Hall–Kier alpha value is -0.890. The zero-order valence-corrected chi connectivity index (χ0v) is 13.5. The summed E-state index contributed by atoms with van der Waals surface area (Å²) in [6, 6.07) is 4.99. The van der Waals surface area contributed by atoms with E-state index in [1.54, 1.807) is 0 Å². The van der Waals surface area contributed by atoms with Gasteiger partial charge in [-0.1, -0.05) is 38.2 Å². The van der Waals surface area contributed by atoms with Crippen LogP contribution in [0.4, 0.5) is 0 Å². The van der Waals surface area contributed by atoms with Crippen molar-refractivity contribution in [1.82, 2.24) is 10.3 Å².